The largest absolute Gasteiger partial charge is 0.491 e. The topological polar surface area (TPSA) is 100 Å². The van der Waals surface area contributed by atoms with Crippen molar-refractivity contribution in [3.05, 3.63) is 77.4 Å². The van der Waals surface area contributed by atoms with Crippen molar-refractivity contribution in [3.8, 4) is 22.1 Å². The van der Waals surface area contributed by atoms with E-state index in [9.17, 15) is 8.42 Å². The van der Waals surface area contributed by atoms with Gasteiger partial charge in [-0.3, -0.25) is 0 Å². The number of rotatable bonds is 7. The number of nitrogens with zero attached hydrogens (tertiary/aromatic N) is 3. The molecule has 0 bridgehead atoms. The Balaban J connectivity index is 1.73. The van der Waals surface area contributed by atoms with Crippen molar-refractivity contribution < 1.29 is 13.2 Å². The lowest BCUT2D eigenvalue weighted by molar-refractivity contribution is 0.242. The molecular weight excluding hydrogens is 432 g/mol. The molecule has 0 fully saturated rings. The van der Waals surface area contributed by atoms with Crippen LogP contribution in [0.3, 0.4) is 0 Å². The molecular formula is C22H22N4O3S2. The van der Waals surface area contributed by atoms with E-state index >= 15 is 0 Å². The zero-order chi connectivity index (χ0) is 22.0. The number of ether oxygens (including phenoxy) is 1. The standard InChI is InChI=1S/C22H22N4O3S2/c1-15(2)29-19-5-3-4-17(13-19)21-18(14-26(25-21)22-24-10-11-30-22)12-16-6-8-20(9-7-16)31(23,27)28/h3-11,13-15H,12H2,1-2H3,(H2,23,27,28). The van der Waals surface area contributed by atoms with E-state index in [1.807, 2.05) is 49.7 Å². The molecule has 2 heterocycles. The minimum Gasteiger partial charge on any atom is -0.491 e. The summed E-state index contributed by atoms with van der Waals surface area (Å²) in [7, 11) is -3.72. The minimum atomic E-state index is -3.72. The first-order chi connectivity index (χ1) is 14.8. The predicted octanol–water partition coefficient (Wildman–Crippen LogP) is 4.02. The summed E-state index contributed by atoms with van der Waals surface area (Å²) >= 11 is 1.50. The molecule has 2 N–H and O–H groups in total. The van der Waals surface area contributed by atoms with Gasteiger partial charge >= 0.3 is 0 Å². The van der Waals surface area contributed by atoms with Gasteiger partial charge in [-0.15, -0.1) is 11.3 Å². The normalized spacial score (nSPS) is 11.7. The summed E-state index contributed by atoms with van der Waals surface area (Å²) in [4.78, 5) is 4.44. The van der Waals surface area contributed by atoms with E-state index in [-0.39, 0.29) is 11.0 Å². The lowest BCUT2D eigenvalue weighted by atomic mass is 10.0. The van der Waals surface area contributed by atoms with Gasteiger partial charge in [-0.1, -0.05) is 24.3 Å². The first-order valence-electron chi connectivity index (χ1n) is 9.67. The van der Waals surface area contributed by atoms with Gasteiger partial charge in [-0.2, -0.15) is 5.10 Å². The maximum atomic E-state index is 11.5. The fourth-order valence-corrected chi connectivity index (χ4v) is 4.30. The highest BCUT2D eigenvalue weighted by atomic mass is 32.2. The maximum absolute atomic E-state index is 11.5. The quantitative estimate of drug-likeness (QED) is 0.455. The number of hydrogen-bond donors (Lipinski definition) is 1. The molecule has 2 aromatic heterocycles. The molecule has 0 saturated heterocycles. The summed E-state index contributed by atoms with van der Waals surface area (Å²) in [5.74, 6) is 0.778. The first kappa shape index (κ1) is 21.2. The van der Waals surface area contributed by atoms with Crippen LogP contribution in [0.4, 0.5) is 0 Å². The number of primary sulfonamides is 1. The van der Waals surface area contributed by atoms with Gasteiger partial charge < -0.3 is 4.74 Å². The van der Waals surface area contributed by atoms with Gasteiger partial charge in [0.15, 0.2) is 0 Å². The molecule has 9 heteroatoms. The van der Waals surface area contributed by atoms with E-state index in [0.29, 0.717) is 6.42 Å². The molecule has 0 aliphatic rings. The van der Waals surface area contributed by atoms with E-state index in [4.69, 9.17) is 15.0 Å². The van der Waals surface area contributed by atoms with E-state index in [1.54, 1.807) is 23.0 Å². The highest BCUT2D eigenvalue weighted by Crippen LogP contribution is 2.29. The van der Waals surface area contributed by atoms with Crippen LogP contribution in [-0.2, 0) is 16.4 Å². The lowest BCUT2D eigenvalue weighted by Crippen LogP contribution is -2.11. The third-order valence-electron chi connectivity index (χ3n) is 4.53. The molecule has 160 valence electrons. The number of benzene rings is 2. The Bertz CT molecular complexity index is 1280. The second-order valence-corrected chi connectivity index (χ2v) is 9.76. The molecule has 0 saturated carbocycles. The van der Waals surface area contributed by atoms with Crippen LogP contribution in [0.25, 0.3) is 16.4 Å². The molecule has 0 spiro atoms. The van der Waals surface area contributed by atoms with Crippen LogP contribution in [-0.4, -0.2) is 29.3 Å². The molecule has 0 aliphatic carbocycles. The number of thiazole rings is 1. The highest BCUT2D eigenvalue weighted by molar-refractivity contribution is 7.89. The summed E-state index contributed by atoms with van der Waals surface area (Å²) < 4.78 is 30.7. The maximum Gasteiger partial charge on any atom is 0.238 e. The van der Waals surface area contributed by atoms with Crippen LogP contribution in [0.2, 0.25) is 0 Å². The number of hydrogen-bond acceptors (Lipinski definition) is 6. The summed E-state index contributed by atoms with van der Waals surface area (Å²) in [6, 6.07) is 14.4. The van der Waals surface area contributed by atoms with Crippen molar-refractivity contribution in [1.29, 1.82) is 0 Å². The van der Waals surface area contributed by atoms with Crippen molar-refractivity contribution in [2.24, 2.45) is 5.14 Å². The second kappa shape index (κ2) is 8.62. The molecule has 0 amide bonds. The SMILES string of the molecule is CC(C)Oc1cccc(-c2nn(-c3nccs3)cc2Cc2ccc(S(N)(=O)=O)cc2)c1. The molecule has 31 heavy (non-hydrogen) atoms. The summed E-state index contributed by atoms with van der Waals surface area (Å²) in [6.07, 6.45) is 4.34. The van der Waals surface area contributed by atoms with Crippen molar-refractivity contribution in [1.82, 2.24) is 14.8 Å². The number of aromatic nitrogens is 3. The van der Waals surface area contributed by atoms with Crippen molar-refractivity contribution in [3.63, 3.8) is 0 Å². The Morgan fingerprint density at radius 3 is 2.58 bits per heavy atom. The van der Waals surface area contributed by atoms with Crippen LogP contribution >= 0.6 is 11.3 Å². The Labute approximate surface area is 185 Å². The van der Waals surface area contributed by atoms with Gasteiger partial charge in [0.2, 0.25) is 15.2 Å². The van der Waals surface area contributed by atoms with E-state index in [1.165, 1.54) is 23.5 Å². The molecule has 4 rings (SSSR count). The van der Waals surface area contributed by atoms with Crippen LogP contribution in [0, 0.1) is 0 Å². The van der Waals surface area contributed by atoms with Gasteiger partial charge in [0.25, 0.3) is 0 Å². The van der Waals surface area contributed by atoms with Gasteiger partial charge in [-0.05, 0) is 43.7 Å². The average Bonchev–Trinajstić information content (AvgIpc) is 3.37. The van der Waals surface area contributed by atoms with Crippen LogP contribution < -0.4 is 9.88 Å². The van der Waals surface area contributed by atoms with E-state index in [2.05, 4.69) is 4.98 Å². The zero-order valence-corrected chi connectivity index (χ0v) is 18.7. The van der Waals surface area contributed by atoms with Crippen LogP contribution in [0.5, 0.6) is 5.75 Å². The molecule has 0 aliphatic heterocycles. The molecule has 0 radical (unpaired) electrons. The third kappa shape index (κ3) is 5.01. The van der Waals surface area contributed by atoms with Gasteiger partial charge in [0.05, 0.1) is 16.7 Å². The van der Waals surface area contributed by atoms with Crippen molar-refractivity contribution in [2.45, 2.75) is 31.3 Å². The monoisotopic (exact) mass is 454 g/mol. The Morgan fingerprint density at radius 2 is 1.94 bits per heavy atom. The summed E-state index contributed by atoms with van der Waals surface area (Å²) in [5.41, 5.74) is 3.69. The Morgan fingerprint density at radius 1 is 1.16 bits per heavy atom. The van der Waals surface area contributed by atoms with Gasteiger partial charge in [0, 0.05) is 35.3 Å². The smallest absolute Gasteiger partial charge is 0.238 e. The van der Waals surface area contributed by atoms with Gasteiger partial charge in [-0.25, -0.2) is 23.2 Å². The first-order valence-corrected chi connectivity index (χ1v) is 12.1. The van der Waals surface area contributed by atoms with Crippen LogP contribution in [0.1, 0.15) is 25.0 Å². The summed E-state index contributed by atoms with van der Waals surface area (Å²) in [6.45, 7) is 3.97. The molecule has 4 aromatic rings. The van der Waals surface area contributed by atoms with Crippen LogP contribution in [0.15, 0.2) is 71.2 Å². The number of nitrogens with two attached hydrogens (primary N) is 1. The zero-order valence-electron chi connectivity index (χ0n) is 17.1. The van der Waals surface area contributed by atoms with Crippen molar-refractivity contribution in [2.75, 3.05) is 0 Å². The van der Waals surface area contributed by atoms with Gasteiger partial charge in [0.1, 0.15) is 5.75 Å². The third-order valence-corrected chi connectivity index (χ3v) is 6.22. The Kier molecular flexibility index (Phi) is 5.90. The highest BCUT2D eigenvalue weighted by Gasteiger charge is 2.16. The fraction of sp³-hybridized carbons (Fsp3) is 0.182. The van der Waals surface area contributed by atoms with E-state index < -0.39 is 10.0 Å². The fourth-order valence-electron chi connectivity index (χ4n) is 3.21. The lowest BCUT2D eigenvalue weighted by Gasteiger charge is -2.11. The molecule has 7 nitrogen and oxygen atoms in total. The Hall–Kier alpha value is -3.01. The van der Waals surface area contributed by atoms with E-state index in [0.717, 1.165) is 33.3 Å². The molecule has 0 atom stereocenters. The number of sulfonamides is 1. The predicted molar refractivity (Wildman–Crippen MR) is 121 cm³/mol. The summed E-state index contributed by atoms with van der Waals surface area (Å²) in [5, 5.41) is 12.7. The van der Waals surface area contributed by atoms with Crippen molar-refractivity contribution >= 4 is 21.4 Å². The molecule has 2 aromatic carbocycles. The average molecular weight is 455 g/mol. The minimum absolute atomic E-state index is 0.0694. The molecule has 0 unspecified atom stereocenters. The second-order valence-electron chi connectivity index (χ2n) is 7.32.